The largest absolute Gasteiger partial charge is 0.507 e. The van der Waals surface area contributed by atoms with E-state index in [0.29, 0.717) is 0 Å². The zero-order chi connectivity index (χ0) is 18.8. The zero-order valence-electron chi connectivity index (χ0n) is 13.2. The molecule has 3 aromatic rings. The SMILES string of the molecule is O=c1oc2ccccc2c(O)c1C(C[N+](=O)[O-])c1ccc([N+](=O)[O-])cc1. The van der Waals surface area contributed by atoms with Crippen LogP contribution in [0.2, 0.25) is 0 Å². The lowest BCUT2D eigenvalue weighted by molar-refractivity contribution is -0.481. The Morgan fingerprint density at radius 1 is 1.04 bits per heavy atom. The van der Waals surface area contributed by atoms with Gasteiger partial charge < -0.3 is 9.52 Å². The van der Waals surface area contributed by atoms with Gasteiger partial charge in [-0.2, -0.15) is 0 Å². The van der Waals surface area contributed by atoms with E-state index >= 15 is 0 Å². The molecule has 0 radical (unpaired) electrons. The standard InChI is InChI=1S/C17H12N2O7/c20-16-12-3-1-2-4-14(12)26-17(21)15(16)13(9-18(22)23)10-5-7-11(8-6-10)19(24)25/h1-8,13,20H,9H2. The maximum absolute atomic E-state index is 12.4. The molecule has 1 atom stereocenters. The second-order valence-electron chi connectivity index (χ2n) is 5.56. The Morgan fingerprint density at radius 2 is 1.69 bits per heavy atom. The number of nitro benzene ring substituents is 1. The van der Waals surface area contributed by atoms with Gasteiger partial charge in [0.15, 0.2) is 0 Å². The summed E-state index contributed by atoms with van der Waals surface area (Å²) in [6, 6.07) is 11.3. The third-order valence-corrected chi connectivity index (χ3v) is 4.01. The van der Waals surface area contributed by atoms with Gasteiger partial charge in [-0.25, -0.2) is 4.79 Å². The number of para-hydroxylation sites is 1. The predicted molar refractivity (Wildman–Crippen MR) is 90.9 cm³/mol. The van der Waals surface area contributed by atoms with Gasteiger partial charge in [0.1, 0.15) is 11.3 Å². The fourth-order valence-electron chi connectivity index (χ4n) is 2.80. The highest BCUT2D eigenvalue weighted by Gasteiger charge is 2.29. The lowest BCUT2D eigenvalue weighted by Gasteiger charge is -2.15. The Bertz CT molecular complexity index is 1060. The van der Waals surface area contributed by atoms with Crippen molar-refractivity contribution < 1.29 is 19.4 Å². The van der Waals surface area contributed by atoms with Gasteiger partial charge in [-0.1, -0.05) is 24.3 Å². The predicted octanol–water partition coefficient (Wildman–Crippen LogP) is 2.82. The summed E-state index contributed by atoms with van der Waals surface area (Å²) in [5, 5.41) is 32.7. The number of benzene rings is 2. The maximum Gasteiger partial charge on any atom is 0.344 e. The summed E-state index contributed by atoms with van der Waals surface area (Å²) in [4.78, 5) is 33.0. The average molecular weight is 356 g/mol. The first kappa shape index (κ1) is 17.1. The fraction of sp³-hybridized carbons (Fsp3) is 0.118. The second kappa shape index (κ2) is 6.63. The normalized spacial score (nSPS) is 12.0. The van der Waals surface area contributed by atoms with Crippen LogP contribution in [0.5, 0.6) is 5.75 Å². The number of fused-ring (bicyclic) bond motifs is 1. The summed E-state index contributed by atoms with van der Waals surface area (Å²) in [5.74, 6) is -1.52. The number of aromatic hydroxyl groups is 1. The third kappa shape index (κ3) is 3.09. The molecule has 9 heteroatoms. The summed E-state index contributed by atoms with van der Waals surface area (Å²) >= 11 is 0. The molecule has 0 saturated carbocycles. The van der Waals surface area contributed by atoms with Crippen molar-refractivity contribution in [1.82, 2.24) is 0 Å². The van der Waals surface area contributed by atoms with Crippen molar-refractivity contribution in [3.63, 3.8) is 0 Å². The molecule has 0 bridgehead atoms. The van der Waals surface area contributed by atoms with Gasteiger partial charge in [-0.3, -0.25) is 20.2 Å². The van der Waals surface area contributed by atoms with Crippen LogP contribution in [0, 0.1) is 20.2 Å². The van der Waals surface area contributed by atoms with Crippen molar-refractivity contribution in [2.45, 2.75) is 5.92 Å². The van der Waals surface area contributed by atoms with Gasteiger partial charge in [0, 0.05) is 17.1 Å². The van der Waals surface area contributed by atoms with Crippen LogP contribution in [0.4, 0.5) is 5.69 Å². The minimum atomic E-state index is -1.12. The Morgan fingerprint density at radius 3 is 2.31 bits per heavy atom. The van der Waals surface area contributed by atoms with Crippen molar-refractivity contribution >= 4 is 16.7 Å². The molecule has 1 N–H and O–H groups in total. The first-order valence-corrected chi connectivity index (χ1v) is 7.49. The molecule has 1 heterocycles. The maximum atomic E-state index is 12.4. The highest BCUT2D eigenvalue weighted by atomic mass is 16.6. The van der Waals surface area contributed by atoms with Crippen LogP contribution >= 0.6 is 0 Å². The highest BCUT2D eigenvalue weighted by Crippen LogP contribution is 2.34. The Labute approximate surface area is 145 Å². The summed E-state index contributed by atoms with van der Waals surface area (Å²) in [6.07, 6.45) is 0. The van der Waals surface area contributed by atoms with Crippen LogP contribution in [0.15, 0.2) is 57.7 Å². The lowest BCUT2D eigenvalue weighted by atomic mass is 9.91. The van der Waals surface area contributed by atoms with E-state index in [9.17, 15) is 30.1 Å². The summed E-state index contributed by atoms with van der Waals surface area (Å²) in [6.45, 7) is -0.686. The number of non-ortho nitro benzene ring substituents is 1. The van der Waals surface area contributed by atoms with Crippen molar-refractivity contribution in [2.24, 2.45) is 0 Å². The molecule has 0 aliphatic heterocycles. The molecule has 1 unspecified atom stereocenters. The molecule has 3 rings (SSSR count). The summed E-state index contributed by atoms with van der Waals surface area (Å²) in [7, 11) is 0. The zero-order valence-corrected chi connectivity index (χ0v) is 13.2. The monoisotopic (exact) mass is 356 g/mol. The molecule has 0 saturated heterocycles. The minimum Gasteiger partial charge on any atom is -0.507 e. The smallest absolute Gasteiger partial charge is 0.344 e. The molecule has 26 heavy (non-hydrogen) atoms. The van der Waals surface area contributed by atoms with E-state index < -0.39 is 33.7 Å². The Hall–Kier alpha value is -3.75. The van der Waals surface area contributed by atoms with E-state index in [0.717, 1.165) is 0 Å². The van der Waals surface area contributed by atoms with Crippen LogP contribution in [0.25, 0.3) is 11.0 Å². The van der Waals surface area contributed by atoms with Crippen molar-refractivity contribution in [3.8, 4) is 5.75 Å². The molecule has 0 aliphatic rings. The quantitative estimate of drug-likeness (QED) is 0.421. The highest BCUT2D eigenvalue weighted by molar-refractivity contribution is 5.84. The van der Waals surface area contributed by atoms with E-state index in [4.69, 9.17) is 4.42 Å². The van der Waals surface area contributed by atoms with Crippen molar-refractivity contribution in [2.75, 3.05) is 6.54 Å². The molecule has 0 spiro atoms. The van der Waals surface area contributed by atoms with Crippen molar-refractivity contribution in [3.05, 3.63) is 90.3 Å². The minimum absolute atomic E-state index is 0.155. The van der Waals surface area contributed by atoms with E-state index in [1.54, 1.807) is 12.1 Å². The van der Waals surface area contributed by atoms with Gasteiger partial charge in [0.2, 0.25) is 6.54 Å². The fourth-order valence-corrected chi connectivity index (χ4v) is 2.80. The van der Waals surface area contributed by atoms with Gasteiger partial charge in [-0.05, 0) is 17.7 Å². The number of hydrogen-bond acceptors (Lipinski definition) is 7. The third-order valence-electron chi connectivity index (χ3n) is 4.01. The molecular weight excluding hydrogens is 344 g/mol. The lowest BCUT2D eigenvalue weighted by Crippen LogP contribution is -2.21. The van der Waals surface area contributed by atoms with E-state index in [-0.39, 0.29) is 27.8 Å². The van der Waals surface area contributed by atoms with E-state index in [2.05, 4.69) is 0 Å². The van der Waals surface area contributed by atoms with Crippen molar-refractivity contribution in [1.29, 1.82) is 0 Å². The van der Waals surface area contributed by atoms with Crippen LogP contribution in [0.3, 0.4) is 0 Å². The van der Waals surface area contributed by atoms with Crippen LogP contribution in [-0.2, 0) is 0 Å². The number of rotatable bonds is 5. The second-order valence-corrected chi connectivity index (χ2v) is 5.56. The van der Waals surface area contributed by atoms with E-state index in [1.807, 2.05) is 0 Å². The number of nitro groups is 2. The number of hydrogen-bond donors (Lipinski definition) is 1. The molecule has 2 aromatic carbocycles. The molecular formula is C17H12N2O7. The van der Waals surface area contributed by atoms with Gasteiger partial charge >= 0.3 is 5.63 Å². The average Bonchev–Trinajstić information content (AvgIpc) is 2.60. The summed E-state index contributed by atoms with van der Waals surface area (Å²) < 4.78 is 5.17. The Kier molecular flexibility index (Phi) is 4.36. The summed E-state index contributed by atoms with van der Waals surface area (Å²) in [5.41, 5.74) is -0.906. The van der Waals surface area contributed by atoms with Crippen LogP contribution in [0.1, 0.15) is 17.0 Å². The number of nitrogens with zero attached hydrogens (tertiary/aromatic N) is 2. The first-order chi connectivity index (χ1) is 12.4. The van der Waals surface area contributed by atoms with Gasteiger partial charge in [0.05, 0.1) is 21.8 Å². The molecule has 9 nitrogen and oxygen atoms in total. The first-order valence-electron chi connectivity index (χ1n) is 7.49. The van der Waals surface area contributed by atoms with Crippen LogP contribution < -0.4 is 5.63 Å². The molecule has 0 amide bonds. The van der Waals surface area contributed by atoms with Crippen LogP contribution in [-0.4, -0.2) is 21.5 Å². The molecule has 1 aromatic heterocycles. The van der Waals surface area contributed by atoms with Gasteiger partial charge in [0.25, 0.3) is 5.69 Å². The van der Waals surface area contributed by atoms with E-state index in [1.165, 1.54) is 36.4 Å². The topological polar surface area (TPSA) is 137 Å². The van der Waals surface area contributed by atoms with Gasteiger partial charge in [-0.15, -0.1) is 0 Å². The Balaban J connectivity index is 2.20. The molecule has 0 fully saturated rings. The molecule has 0 aliphatic carbocycles. The molecule has 132 valence electrons.